The molecule has 2 aromatic carbocycles. The highest BCUT2D eigenvalue weighted by atomic mass is 16.1. The number of nitrogens with one attached hydrogen (secondary N) is 2. The number of aryl methyl sites for hydroxylation is 2. The largest absolute Gasteiger partial charge is 0.383 e. The van der Waals surface area contributed by atoms with Gasteiger partial charge >= 0.3 is 0 Å². The van der Waals surface area contributed by atoms with Crippen molar-refractivity contribution in [2.45, 2.75) is 40.0 Å². The van der Waals surface area contributed by atoms with E-state index in [2.05, 4.69) is 54.0 Å². The highest BCUT2D eigenvalue weighted by Gasteiger charge is 2.17. The lowest BCUT2D eigenvalue weighted by atomic mass is 9.86. The highest BCUT2D eigenvalue weighted by Crippen LogP contribution is 2.28. The van der Waals surface area contributed by atoms with E-state index in [0.717, 1.165) is 34.3 Å². The molecular weight excluding hydrogens is 460 g/mol. The first-order valence-electron chi connectivity index (χ1n) is 11.9. The Morgan fingerprint density at radius 2 is 1.89 bits per heavy atom. The Balaban J connectivity index is 0.00000267. The van der Waals surface area contributed by atoms with Gasteiger partial charge in [0.05, 0.1) is 12.0 Å². The molecule has 0 aliphatic carbocycles. The van der Waals surface area contributed by atoms with Crippen LogP contribution in [0.25, 0.3) is 5.69 Å². The maximum atomic E-state index is 13.3. The molecule has 0 unspecified atom stereocenters. The van der Waals surface area contributed by atoms with Crippen LogP contribution in [0.2, 0.25) is 0 Å². The standard InChI is InChI=1S/C30H30N6O.2H2/c1-19-6-8-23(11-22(19)9-7-21-10-24(15-31)28(32)33-16-21)29(37)35-26-12-25(30(3,4)5)13-27(14-26)36-17-20(2)34-18-36;;/h6,8,10-18,31H,1-5H3,(H2,32,33)(H,35,37);2*1H. The summed E-state index contributed by atoms with van der Waals surface area (Å²) in [5, 5.41) is 10.5. The van der Waals surface area contributed by atoms with Crippen LogP contribution in [0.15, 0.2) is 61.2 Å². The zero-order chi connectivity index (χ0) is 26.7. The van der Waals surface area contributed by atoms with Crippen molar-refractivity contribution >= 4 is 23.6 Å². The fraction of sp³-hybridized carbons (Fsp3) is 0.200. The minimum Gasteiger partial charge on any atom is -0.383 e. The lowest BCUT2D eigenvalue weighted by molar-refractivity contribution is 0.102. The average molecular weight is 495 g/mol. The normalized spacial score (nSPS) is 10.9. The molecule has 0 aliphatic heterocycles. The number of carbonyl (C=O) groups excluding carboxylic acids is 1. The molecule has 4 rings (SSSR count). The summed E-state index contributed by atoms with van der Waals surface area (Å²) in [6, 6.07) is 13.2. The Labute approximate surface area is 220 Å². The smallest absolute Gasteiger partial charge is 0.255 e. The molecule has 0 bridgehead atoms. The van der Waals surface area contributed by atoms with E-state index in [0.29, 0.717) is 22.4 Å². The van der Waals surface area contributed by atoms with Crippen molar-refractivity contribution in [3.05, 3.63) is 100 Å². The van der Waals surface area contributed by atoms with Crippen LogP contribution in [0.3, 0.4) is 0 Å². The number of imidazole rings is 1. The molecular formula is C30H34N6O. The van der Waals surface area contributed by atoms with Crippen molar-refractivity contribution in [1.82, 2.24) is 14.5 Å². The molecule has 7 heteroatoms. The third kappa shape index (κ3) is 5.93. The molecule has 2 heterocycles. The van der Waals surface area contributed by atoms with E-state index < -0.39 is 0 Å². The molecule has 0 aliphatic rings. The Morgan fingerprint density at radius 3 is 2.57 bits per heavy atom. The summed E-state index contributed by atoms with van der Waals surface area (Å²) in [4.78, 5) is 21.7. The number of rotatable bonds is 4. The first-order chi connectivity index (χ1) is 17.5. The Morgan fingerprint density at radius 1 is 1.11 bits per heavy atom. The van der Waals surface area contributed by atoms with E-state index in [1.807, 2.05) is 42.8 Å². The summed E-state index contributed by atoms with van der Waals surface area (Å²) in [6.45, 7) is 10.3. The van der Waals surface area contributed by atoms with Crippen molar-refractivity contribution in [2.24, 2.45) is 0 Å². The van der Waals surface area contributed by atoms with E-state index >= 15 is 0 Å². The summed E-state index contributed by atoms with van der Waals surface area (Å²) >= 11 is 0. The summed E-state index contributed by atoms with van der Waals surface area (Å²) in [7, 11) is 0. The van der Waals surface area contributed by atoms with Gasteiger partial charge in [0.25, 0.3) is 5.91 Å². The lowest BCUT2D eigenvalue weighted by Gasteiger charge is -2.22. The van der Waals surface area contributed by atoms with Gasteiger partial charge < -0.3 is 21.0 Å². The topological polar surface area (TPSA) is 110 Å². The molecule has 1 amide bonds. The van der Waals surface area contributed by atoms with Crippen LogP contribution < -0.4 is 11.1 Å². The van der Waals surface area contributed by atoms with Crippen LogP contribution in [0.4, 0.5) is 11.5 Å². The van der Waals surface area contributed by atoms with Gasteiger partial charge in [0.1, 0.15) is 5.82 Å². The number of benzene rings is 2. The van der Waals surface area contributed by atoms with Gasteiger partial charge in [-0.2, -0.15) is 0 Å². The van der Waals surface area contributed by atoms with Gasteiger partial charge in [-0.1, -0.05) is 38.7 Å². The van der Waals surface area contributed by atoms with Crippen LogP contribution in [0.1, 0.15) is 67.5 Å². The minimum absolute atomic E-state index is 0. The third-order valence-electron chi connectivity index (χ3n) is 6.00. The molecule has 0 atom stereocenters. The van der Waals surface area contributed by atoms with Crippen LogP contribution in [-0.2, 0) is 5.41 Å². The second-order valence-corrected chi connectivity index (χ2v) is 10.0. The maximum Gasteiger partial charge on any atom is 0.255 e. The number of carbonyl (C=O) groups is 1. The number of hydrogen-bond acceptors (Lipinski definition) is 5. The molecule has 4 aromatic rings. The molecule has 0 fully saturated rings. The predicted octanol–water partition coefficient (Wildman–Crippen LogP) is 5.91. The molecule has 190 valence electrons. The molecule has 0 saturated heterocycles. The predicted molar refractivity (Wildman–Crippen MR) is 153 cm³/mol. The molecule has 0 radical (unpaired) electrons. The van der Waals surface area contributed by atoms with Crippen LogP contribution in [-0.4, -0.2) is 26.7 Å². The fourth-order valence-electron chi connectivity index (χ4n) is 3.74. The Kier molecular flexibility index (Phi) is 6.94. The van der Waals surface area contributed by atoms with Crippen LogP contribution >= 0.6 is 0 Å². The zero-order valence-corrected chi connectivity index (χ0v) is 21.7. The maximum absolute atomic E-state index is 13.3. The average Bonchev–Trinajstić information content (AvgIpc) is 3.30. The first kappa shape index (κ1) is 25.4. The second kappa shape index (κ2) is 10.1. The highest BCUT2D eigenvalue weighted by molar-refractivity contribution is 6.04. The van der Waals surface area contributed by atoms with Crippen molar-refractivity contribution in [3.8, 4) is 17.5 Å². The zero-order valence-electron chi connectivity index (χ0n) is 21.7. The van der Waals surface area contributed by atoms with E-state index in [4.69, 9.17) is 11.1 Å². The number of aromatic nitrogens is 3. The van der Waals surface area contributed by atoms with Crippen molar-refractivity contribution in [3.63, 3.8) is 0 Å². The van der Waals surface area contributed by atoms with Gasteiger partial charge in [-0.15, -0.1) is 0 Å². The molecule has 0 saturated carbocycles. The third-order valence-corrected chi connectivity index (χ3v) is 6.00. The van der Waals surface area contributed by atoms with Crippen molar-refractivity contribution in [2.75, 3.05) is 11.1 Å². The van der Waals surface area contributed by atoms with E-state index in [1.54, 1.807) is 30.7 Å². The van der Waals surface area contributed by atoms with E-state index in [9.17, 15) is 4.79 Å². The number of nitrogen functional groups attached to an aromatic ring is 1. The monoisotopic (exact) mass is 494 g/mol. The first-order valence-corrected chi connectivity index (χ1v) is 11.9. The van der Waals surface area contributed by atoms with Crippen molar-refractivity contribution in [1.29, 1.82) is 5.41 Å². The van der Waals surface area contributed by atoms with Crippen LogP contribution in [0.5, 0.6) is 0 Å². The minimum atomic E-state index is -0.220. The number of nitrogens with two attached hydrogens (primary N) is 1. The van der Waals surface area contributed by atoms with Gasteiger partial charge in [-0.25, -0.2) is 9.97 Å². The summed E-state index contributed by atoms with van der Waals surface area (Å²) < 4.78 is 1.95. The summed E-state index contributed by atoms with van der Waals surface area (Å²) in [5.41, 5.74) is 12.7. The number of nitrogens with zero attached hydrogens (tertiary/aromatic N) is 3. The van der Waals surface area contributed by atoms with E-state index in [1.165, 1.54) is 0 Å². The fourth-order valence-corrected chi connectivity index (χ4v) is 3.74. The number of pyridine rings is 1. The van der Waals surface area contributed by atoms with Gasteiger partial charge in [0.2, 0.25) is 0 Å². The lowest BCUT2D eigenvalue weighted by Crippen LogP contribution is -2.16. The second-order valence-electron chi connectivity index (χ2n) is 10.0. The summed E-state index contributed by atoms with van der Waals surface area (Å²) in [6.07, 6.45) is 6.45. The molecule has 7 nitrogen and oxygen atoms in total. The van der Waals surface area contributed by atoms with Gasteiger partial charge in [0.15, 0.2) is 0 Å². The molecule has 0 spiro atoms. The number of anilines is 2. The molecule has 37 heavy (non-hydrogen) atoms. The number of hydrogen-bond donors (Lipinski definition) is 3. The molecule has 2 aromatic heterocycles. The Hall–Kier alpha value is -4.70. The SMILES string of the molecule is Cc1cn(-c2cc(NC(=O)c3ccc(C)c(C#Cc4cnc(N)c(C=N)c4)c3)cc(C(C)(C)C)c2)cn1.[HH].[HH]. The van der Waals surface area contributed by atoms with Gasteiger partial charge in [-0.3, -0.25) is 4.79 Å². The Bertz CT molecular complexity index is 1570. The molecule has 4 N–H and O–H groups in total. The van der Waals surface area contributed by atoms with Gasteiger partial charge in [0, 0.05) is 55.1 Å². The quantitative estimate of drug-likeness (QED) is 0.242. The van der Waals surface area contributed by atoms with Crippen molar-refractivity contribution < 1.29 is 7.65 Å². The van der Waals surface area contributed by atoms with Gasteiger partial charge in [-0.05, 0) is 66.8 Å². The van der Waals surface area contributed by atoms with E-state index in [-0.39, 0.29) is 20.0 Å². The number of amides is 1. The van der Waals surface area contributed by atoms with Crippen LogP contribution in [0, 0.1) is 31.1 Å². The summed E-state index contributed by atoms with van der Waals surface area (Å²) in [5.74, 6) is 6.25.